The number of carbonyl (C=O) groups is 2. The van der Waals surface area contributed by atoms with Gasteiger partial charge in [-0.05, 0) is 44.7 Å². The second kappa shape index (κ2) is 8.79. The van der Waals surface area contributed by atoms with Gasteiger partial charge < -0.3 is 14.3 Å². The fourth-order valence-corrected chi connectivity index (χ4v) is 4.80. The molecule has 0 aliphatic carbocycles. The molecule has 1 heterocycles. The first-order valence-corrected chi connectivity index (χ1v) is 10.2. The van der Waals surface area contributed by atoms with Gasteiger partial charge in [0, 0.05) is 13.0 Å². The van der Waals surface area contributed by atoms with Gasteiger partial charge in [-0.25, -0.2) is 12.8 Å². The van der Waals surface area contributed by atoms with Crippen LogP contribution in [-0.2, 0) is 24.3 Å². The summed E-state index contributed by atoms with van der Waals surface area (Å²) in [6.45, 7) is 3.27. The van der Waals surface area contributed by atoms with Crippen molar-refractivity contribution in [1.82, 2.24) is 4.31 Å². The molecule has 0 spiro atoms. The smallest absolute Gasteiger partial charge is 0.324 e. The number of carbonyl (C=O) groups excluding carboxylic acids is 2. The first-order valence-electron chi connectivity index (χ1n) is 8.73. The molecule has 27 heavy (non-hydrogen) atoms. The standard InChI is InChI=1S/C18H24FNO6S/c1-12-8-9-15(17(16(12)19)26-13(2)6-5-11-21)27(23,24)20-10-4-7-14(20)18(22)25-3/h8-9,11,13-14H,4-7,10H2,1-3H3/t13-,14+/m1/s1. The minimum atomic E-state index is -4.18. The van der Waals surface area contributed by atoms with Gasteiger partial charge in [-0.2, -0.15) is 4.31 Å². The van der Waals surface area contributed by atoms with Gasteiger partial charge in [0.25, 0.3) is 0 Å². The van der Waals surface area contributed by atoms with Crippen LogP contribution in [0.5, 0.6) is 5.75 Å². The molecule has 1 aromatic rings. The van der Waals surface area contributed by atoms with E-state index >= 15 is 0 Å². The van der Waals surface area contributed by atoms with E-state index in [9.17, 15) is 22.4 Å². The predicted molar refractivity (Wildman–Crippen MR) is 95.5 cm³/mol. The summed E-state index contributed by atoms with van der Waals surface area (Å²) in [6.07, 6.45) is 1.54. The van der Waals surface area contributed by atoms with Gasteiger partial charge in [-0.1, -0.05) is 6.07 Å². The van der Waals surface area contributed by atoms with Crippen LogP contribution < -0.4 is 4.74 Å². The topological polar surface area (TPSA) is 90.0 Å². The zero-order chi connectivity index (χ0) is 20.2. The van der Waals surface area contributed by atoms with Crippen LogP contribution in [0, 0.1) is 12.7 Å². The number of benzene rings is 1. The summed E-state index contributed by atoms with van der Waals surface area (Å²) < 4.78 is 52.3. The Hall–Kier alpha value is -2.00. The Morgan fingerprint density at radius 2 is 2.15 bits per heavy atom. The Morgan fingerprint density at radius 3 is 2.78 bits per heavy atom. The number of aldehydes is 1. The largest absolute Gasteiger partial charge is 0.486 e. The third-order valence-electron chi connectivity index (χ3n) is 4.53. The highest BCUT2D eigenvalue weighted by Crippen LogP contribution is 2.35. The maximum Gasteiger partial charge on any atom is 0.324 e. The molecule has 2 rings (SSSR count). The van der Waals surface area contributed by atoms with E-state index in [1.54, 1.807) is 6.92 Å². The van der Waals surface area contributed by atoms with Crippen LogP contribution in [0.25, 0.3) is 0 Å². The number of aryl methyl sites for hydroxylation is 1. The van der Waals surface area contributed by atoms with Gasteiger partial charge in [0.05, 0.1) is 13.2 Å². The Kier molecular flexibility index (Phi) is 6.94. The van der Waals surface area contributed by atoms with Gasteiger partial charge in [-0.15, -0.1) is 0 Å². The van der Waals surface area contributed by atoms with Crippen molar-refractivity contribution in [2.24, 2.45) is 0 Å². The molecule has 0 bridgehead atoms. The van der Waals surface area contributed by atoms with Crippen molar-refractivity contribution in [3.8, 4) is 5.75 Å². The van der Waals surface area contributed by atoms with Crippen LogP contribution in [-0.4, -0.2) is 50.8 Å². The van der Waals surface area contributed by atoms with Crippen molar-refractivity contribution in [2.45, 2.75) is 56.6 Å². The SMILES string of the molecule is COC(=O)[C@@H]1CCCN1S(=O)(=O)c1ccc(C)c(F)c1O[C@H](C)CCC=O. The summed E-state index contributed by atoms with van der Waals surface area (Å²) in [6, 6.07) is 1.70. The molecule has 7 nitrogen and oxygen atoms in total. The lowest BCUT2D eigenvalue weighted by molar-refractivity contribution is -0.144. The lowest BCUT2D eigenvalue weighted by atomic mass is 10.2. The molecule has 1 aromatic carbocycles. The quantitative estimate of drug-likeness (QED) is 0.490. The van der Waals surface area contributed by atoms with E-state index in [-0.39, 0.29) is 29.2 Å². The number of halogens is 1. The molecule has 1 aliphatic rings. The molecule has 0 unspecified atom stereocenters. The number of rotatable bonds is 8. The highest BCUT2D eigenvalue weighted by atomic mass is 32.2. The number of hydrogen-bond acceptors (Lipinski definition) is 6. The second-order valence-corrected chi connectivity index (χ2v) is 8.35. The van der Waals surface area contributed by atoms with E-state index < -0.39 is 34.0 Å². The Balaban J connectivity index is 2.45. The maximum absolute atomic E-state index is 14.7. The number of ether oxygens (including phenoxy) is 2. The van der Waals surface area contributed by atoms with Gasteiger partial charge in [-0.3, -0.25) is 4.79 Å². The summed E-state index contributed by atoms with van der Waals surface area (Å²) in [7, 11) is -2.99. The molecular weight excluding hydrogens is 377 g/mol. The van der Waals surface area contributed by atoms with Gasteiger partial charge in [0.2, 0.25) is 10.0 Å². The van der Waals surface area contributed by atoms with Crippen LogP contribution in [0.2, 0.25) is 0 Å². The van der Waals surface area contributed by atoms with Crippen molar-refractivity contribution in [3.05, 3.63) is 23.5 Å². The Bertz CT molecular complexity index is 810. The third kappa shape index (κ3) is 4.47. The first-order chi connectivity index (χ1) is 12.7. The summed E-state index contributed by atoms with van der Waals surface area (Å²) in [4.78, 5) is 22.1. The normalized spacial score (nSPS) is 18.9. The van der Waals surface area contributed by atoms with Crippen LogP contribution in [0.15, 0.2) is 17.0 Å². The first kappa shape index (κ1) is 21.3. The number of hydrogen-bond donors (Lipinski definition) is 0. The zero-order valence-corrected chi connectivity index (χ0v) is 16.4. The predicted octanol–water partition coefficient (Wildman–Crippen LogP) is 2.21. The van der Waals surface area contributed by atoms with E-state index in [0.29, 0.717) is 19.3 Å². The summed E-state index contributed by atoms with van der Waals surface area (Å²) in [5, 5.41) is 0. The molecule has 1 saturated heterocycles. The second-order valence-electron chi connectivity index (χ2n) is 6.49. The Labute approximate surface area is 158 Å². The molecule has 1 fully saturated rings. The van der Waals surface area contributed by atoms with Crippen molar-refractivity contribution < 1.29 is 31.9 Å². The molecule has 2 atom stereocenters. The third-order valence-corrected chi connectivity index (χ3v) is 6.46. The zero-order valence-electron chi connectivity index (χ0n) is 15.6. The van der Waals surface area contributed by atoms with Crippen molar-refractivity contribution in [1.29, 1.82) is 0 Å². The Morgan fingerprint density at radius 1 is 1.44 bits per heavy atom. The van der Waals surface area contributed by atoms with E-state index in [4.69, 9.17) is 9.47 Å². The lowest BCUT2D eigenvalue weighted by Crippen LogP contribution is -2.41. The summed E-state index contributed by atoms with van der Waals surface area (Å²) in [5.41, 5.74) is 0.234. The monoisotopic (exact) mass is 401 g/mol. The average Bonchev–Trinajstić information content (AvgIpc) is 3.13. The van der Waals surface area contributed by atoms with Crippen LogP contribution in [0.1, 0.15) is 38.2 Å². The van der Waals surface area contributed by atoms with E-state index in [0.717, 1.165) is 10.6 Å². The van der Waals surface area contributed by atoms with E-state index in [1.807, 2.05) is 0 Å². The van der Waals surface area contributed by atoms with Gasteiger partial charge in [0.1, 0.15) is 17.2 Å². The van der Waals surface area contributed by atoms with Crippen molar-refractivity contribution >= 4 is 22.3 Å². The molecule has 150 valence electrons. The molecule has 0 amide bonds. The van der Waals surface area contributed by atoms with Crippen LogP contribution in [0.3, 0.4) is 0 Å². The van der Waals surface area contributed by atoms with Crippen LogP contribution >= 0.6 is 0 Å². The van der Waals surface area contributed by atoms with Crippen molar-refractivity contribution in [3.63, 3.8) is 0 Å². The highest BCUT2D eigenvalue weighted by Gasteiger charge is 2.42. The molecule has 0 saturated carbocycles. The minimum Gasteiger partial charge on any atom is -0.486 e. The maximum atomic E-state index is 14.7. The summed E-state index contributed by atoms with van der Waals surface area (Å²) >= 11 is 0. The molecule has 9 heteroatoms. The number of sulfonamides is 1. The van der Waals surface area contributed by atoms with Crippen molar-refractivity contribution in [2.75, 3.05) is 13.7 Å². The minimum absolute atomic E-state index is 0.137. The highest BCUT2D eigenvalue weighted by molar-refractivity contribution is 7.89. The molecular formula is C18H24FNO6S. The average molecular weight is 401 g/mol. The number of nitrogens with zero attached hydrogens (tertiary/aromatic N) is 1. The number of methoxy groups -OCH3 is 1. The lowest BCUT2D eigenvalue weighted by Gasteiger charge is -2.25. The fraction of sp³-hybridized carbons (Fsp3) is 0.556. The van der Waals surface area contributed by atoms with Crippen LogP contribution in [0.4, 0.5) is 4.39 Å². The molecule has 0 aromatic heterocycles. The number of esters is 1. The fourth-order valence-electron chi connectivity index (χ4n) is 3.04. The van der Waals surface area contributed by atoms with E-state index in [2.05, 4.69) is 0 Å². The van der Waals surface area contributed by atoms with E-state index in [1.165, 1.54) is 26.2 Å². The molecule has 0 radical (unpaired) electrons. The molecule has 0 N–H and O–H groups in total. The van der Waals surface area contributed by atoms with Gasteiger partial charge >= 0.3 is 5.97 Å². The molecule has 1 aliphatic heterocycles. The van der Waals surface area contributed by atoms with Gasteiger partial charge in [0.15, 0.2) is 11.6 Å². The summed E-state index contributed by atoms with van der Waals surface area (Å²) in [5.74, 6) is -1.81.